The lowest BCUT2D eigenvalue weighted by molar-refractivity contribution is -0.167. The van der Waals surface area contributed by atoms with E-state index in [-0.39, 0.29) is 31.1 Å². The summed E-state index contributed by atoms with van der Waals surface area (Å²) in [5.74, 6) is 1.68. The van der Waals surface area contributed by atoms with Crippen LogP contribution in [0.5, 0.6) is 0 Å². The third-order valence-corrected chi connectivity index (χ3v) is 13.0. The van der Waals surface area contributed by atoms with E-state index in [0.29, 0.717) is 19.3 Å². The van der Waals surface area contributed by atoms with Crippen LogP contribution in [0.2, 0.25) is 0 Å². The summed E-state index contributed by atoms with van der Waals surface area (Å²) in [4.78, 5) is 38.0. The average molecular weight is 877 g/mol. The molecule has 0 saturated heterocycles. The molecule has 0 aromatic heterocycles. The third-order valence-electron chi connectivity index (χ3n) is 13.0. The molecule has 1 unspecified atom stereocenters. The molecule has 368 valence electrons. The first-order valence-corrected chi connectivity index (χ1v) is 27.6. The highest BCUT2D eigenvalue weighted by molar-refractivity contribution is 5.71. The average Bonchev–Trinajstić information content (AvgIpc) is 3.24. The normalized spacial score (nSPS) is 12.6. The molecule has 0 heterocycles. The Labute approximate surface area is 387 Å². The summed E-state index contributed by atoms with van der Waals surface area (Å²) in [5, 5.41) is 0. The van der Waals surface area contributed by atoms with E-state index < -0.39 is 6.10 Å². The minimum absolute atomic E-state index is 0.0642. The highest BCUT2D eigenvalue weighted by atomic mass is 16.6. The molecule has 0 rings (SSSR count). The zero-order chi connectivity index (χ0) is 45.6. The van der Waals surface area contributed by atoms with Gasteiger partial charge in [0.1, 0.15) is 13.2 Å². The van der Waals surface area contributed by atoms with Crippen LogP contribution >= 0.6 is 0 Å². The van der Waals surface area contributed by atoms with E-state index in [4.69, 9.17) is 14.2 Å². The summed E-state index contributed by atoms with van der Waals surface area (Å²) >= 11 is 0. The minimum Gasteiger partial charge on any atom is -0.462 e. The molecule has 6 nitrogen and oxygen atoms in total. The molecule has 62 heavy (non-hydrogen) atoms. The van der Waals surface area contributed by atoms with E-state index in [1.54, 1.807) is 0 Å². The second kappa shape index (κ2) is 47.4. The van der Waals surface area contributed by atoms with Crippen LogP contribution in [0, 0.1) is 17.8 Å². The summed E-state index contributed by atoms with van der Waals surface area (Å²) < 4.78 is 16.9. The number of hydrogen-bond donors (Lipinski definition) is 0. The first-order valence-electron chi connectivity index (χ1n) is 27.6. The van der Waals surface area contributed by atoms with Gasteiger partial charge in [-0.2, -0.15) is 0 Å². The van der Waals surface area contributed by atoms with Crippen LogP contribution in [0.15, 0.2) is 0 Å². The van der Waals surface area contributed by atoms with Gasteiger partial charge < -0.3 is 14.2 Å². The Morgan fingerprint density at radius 3 is 0.839 bits per heavy atom. The fourth-order valence-corrected chi connectivity index (χ4v) is 8.44. The number of hydrogen-bond acceptors (Lipinski definition) is 6. The lowest BCUT2D eigenvalue weighted by Gasteiger charge is -2.18. The van der Waals surface area contributed by atoms with E-state index in [2.05, 4.69) is 41.5 Å². The van der Waals surface area contributed by atoms with Crippen molar-refractivity contribution in [3.05, 3.63) is 0 Å². The van der Waals surface area contributed by atoms with E-state index in [1.807, 2.05) is 0 Å². The Kier molecular flexibility index (Phi) is 46.2. The molecule has 6 heteroatoms. The lowest BCUT2D eigenvalue weighted by Crippen LogP contribution is -2.30. The van der Waals surface area contributed by atoms with E-state index in [0.717, 1.165) is 75.5 Å². The Bertz CT molecular complexity index is 962. The number of carbonyl (C=O) groups is 3. The third kappa shape index (κ3) is 47.9. The van der Waals surface area contributed by atoms with Crippen molar-refractivity contribution in [2.24, 2.45) is 17.8 Å². The molecule has 0 aromatic rings. The summed E-state index contributed by atoms with van der Waals surface area (Å²) in [6, 6.07) is 0. The standard InChI is InChI=1S/C56H108O6/c1-7-52(6)44-38-32-26-20-15-16-22-29-35-41-47-56(59)62-53(49-61-55(58)46-40-34-28-23-17-19-25-31-37-43-51(4)5)48-60-54(57)45-39-33-27-21-14-12-10-8-9-11-13-18-24-30-36-42-50(2)3/h50-53H,7-49H2,1-6H3/t52?,53-/m1/s1. The fourth-order valence-electron chi connectivity index (χ4n) is 8.44. The second-order valence-electron chi connectivity index (χ2n) is 20.4. The van der Waals surface area contributed by atoms with E-state index in [1.165, 1.54) is 186 Å². The van der Waals surface area contributed by atoms with Crippen LogP contribution in [-0.4, -0.2) is 37.2 Å². The van der Waals surface area contributed by atoms with Crippen molar-refractivity contribution < 1.29 is 28.6 Å². The van der Waals surface area contributed by atoms with Gasteiger partial charge in [0.05, 0.1) is 0 Å². The van der Waals surface area contributed by atoms with Gasteiger partial charge in [0.25, 0.3) is 0 Å². The summed E-state index contributed by atoms with van der Waals surface area (Å²) in [7, 11) is 0. The molecular formula is C56H108O6. The second-order valence-corrected chi connectivity index (χ2v) is 20.4. The van der Waals surface area contributed by atoms with Gasteiger partial charge in [-0.05, 0) is 37.0 Å². The molecule has 2 atom stereocenters. The molecular weight excluding hydrogens is 769 g/mol. The Hall–Kier alpha value is -1.59. The smallest absolute Gasteiger partial charge is 0.306 e. The predicted octanol–water partition coefficient (Wildman–Crippen LogP) is 17.9. The maximum absolute atomic E-state index is 12.8. The first kappa shape index (κ1) is 60.4. The first-order chi connectivity index (χ1) is 30.1. The van der Waals surface area contributed by atoms with Crippen molar-refractivity contribution in [3.8, 4) is 0 Å². The molecule has 0 aliphatic rings. The number of ether oxygens (including phenoxy) is 3. The topological polar surface area (TPSA) is 78.9 Å². The fraction of sp³-hybridized carbons (Fsp3) is 0.946. The molecule has 0 spiro atoms. The van der Waals surface area contributed by atoms with Crippen molar-refractivity contribution in [1.82, 2.24) is 0 Å². The van der Waals surface area contributed by atoms with Gasteiger partial charge in [-0.1, -0.05) is 266 Å². The molecule has 0 aromatic carbocycles. The summed E-state index contributed by atoms with van der Waals surface area (Å²) in [6.07, 6.45) is 48.0. The van der Waals surface area contributed by atoms with Crippen molar-refractivity contribution in [3.63, 3.8) is 0 Å². The van der Waals surface area contributed by atoms with Gasteiger partial charge >= 0.3 is 17.9 Å². The lowest BCUT2D eigenvalue weighted by atomic mass is 9.99. The zero-order valence-corrected chi connectivity index (χ0v) is 42.7. The van der Waals surface area contributed by atoms with Gasteiger partial charge in [0.15, 0.2) is 6.10 Å². The number of rotatable bonds is 49. The zero-order valence-electron chi connectivity index (χ0n) is 42.7. The monoisotopic (exact) mass is 877 g/mol. The Morgan fingerprint density at radius 1 is 0.323 bits per heavy atom. The molecule has 0 bridgehead atoms. The van der Waals surface area contributed by atoms with Crippen LogP contribution in [0.1, 0.15) is 305 Å². The molecule has 0 amide bonds. The number of carbonyl (C=O) groups excluding carboxylic acids is 3. The summed E-state index contributed by atoms with van der Waals surface area (Å²) in [6.45, 7) is 13.8. The van der Waals surface area contributed by atoms with Crippen LogP contribution in [-0.2, 0) is 28.6 Å². The van der Waals surface area contributed by atoms with Crippen LogP contribution < -0.4 is 0 Å². The van der Waals surface area contributed by atoms with Gasteiger partial charge in [0, 0.05) is 19.3 Å². The molecule has 0 N–H and O–H groups in total. The molecule has 0 fully saturated rings. The van der Waals surface area contributed by atoms with E-state index >= 15 is 0 Å². The largest absolute Gasteiger partial charge is 0.462 e. The highest BCUT2D eigenvalue weighted by Gasteiger charge is 2.19. The highest BCUT2D eigenvalue weighted by Crippen LogP contribution is 2.18. The van der Waals surface area contributed by atoms with Crippen molar-refractivity contribution in [2.75, 3.05) is 13.2 Å². The maximum atomic E-state index is 12.8. The minimum atomic E-state index is -0.763. The van der Waals surface area contributed by atoms with Crippen molar-refractivity contribution in [1.29, 1.82) is 0 Å². The molecule has 0 aliphatic heterocycles. The quantitative estimate of drug-likeness (QED) is 0.0344. The predicted molar refractivity (Wildman–Crippen MR) is 266 cm³/mol. The van der Waals surface area contributed by atoms with Gasteiger partial charge in [-0.15, -0.1) is 0 Å². The number of unbranched alkanes of at least 4 members (excludes halogenated alkanes) is 31. The van der Waals surface area contributed by atoms with Crippen LogP contribution in [0.25, 0.3) is 0 Å². The summed E-state index contributed by atoms with van der Waals surface area (Å²) in [5.41, 5.74) is 0. The van der Waals surface area contributed by atoms with Crippen molar-refractivity contribution in [2.45, 2.75) is 311 Å². The molecule has 0 radical (unpaired) electrons. The molecule has 0 saturated carbocycles. The van der Waals surface area contributed by atoms with Crippen LogP contribution in [0.4, 0.5) is 0 Å². The van der Waals surface area contributed by atoms with Gasteiger partial charge in [0.2, 0.25) is 0 Å². The van der Waals surface area contributed by atoms with E-state index in [9.17, 15) is 14.4 Å². The van der Waals surface area contributed by atoms with Gasteiger partial charge in [-0.25, -0.2) is 0 Å². The SMILES string of the molecule is CCC(C)CCCCCCCCCCCCC(=O)O[C@H](COC(=O)CCCCCCCCCCCCCCCCCC(C)C)COC(=O)CCCCCCCCCCCC(C)C. The number of esters is 3. The Morgan fingerprint density at radius 2 is 0.565 bits per heavy atom. The maximum Gasteiger partial charge on any atom is 0.306 e. The molecule has 0 aliphatic carbocycles. The van der Waals surface area contributed by atoms with Gasteiger partial charge in [-0.3, -0.25) is 14.4 Å². The van der Waals surface area contributed by atoms with Crippen molar-refractivity contribution >= 4 is 17.9 Å². The van der Waals surface area contributed by atoms with Crippen LogP contribution in [0.3, 0.4) is 0 Å². The Balaban J connectivity index is 4.29.